The maximum atomic E-state index is 12.2. The van der Waals surface area contributed by atoms with E-state index in [2.05, 4.69) is 32.1 Å². The average Bonchev–Trinajstić information content (AvgIpc) is 2.67. The summed E-state index contributed by atoms with van der Waals surface area (Å²) in [6.45, 7) is 2.41. The van der Waals surface area contributed by atoms with Gasteiger partial charge in [0.25, 0.3) is 5.91 Å². The molecule has 0 aliphatic heterocycles. The number of carbonyl (C=O) groups excluding carboxylic acids is 2. The van der Waals surface area contributed by atoms with Gasteiger partial charge in [-0.3, -0.25) is 25.8 Å². The first-order valence-corrected chi connectivity index (χ1v) is 9.56. The van der Waals surface area contributed by atoms with Crippen molar-refractivity contribution < 1.29 is 14.3 Å². The second kappa shape index (κ2) is 10.6. The molecule has 0 spiro atoms. The number of amides is 2. The van der Waals surface area contributed by atoms with Crippen LogP contribution in [0.1, 0.15) is 29.3 Å². The number of hydrogen-bond donors (Lipinski definition) is 3. The van der Waals surface area contributed by atoms with Gasteiger partial charge in [0.2, 0.25) is 5.91 Å². The topological polar surface area (TPSA) is 79.5 Å². The van der Waals surface area contributed by atoms with Gasteiger partial charge in [-0.1, -0.05) is 30.3 Å². The van der Waals surface area contributed by atoms with E-state index in [0.29, 0.717) is 35.2 Å². The van der Waals surface area contributed by atoms with Crippen molar-refractivity contribution >= 4 is 45.1 Å². The predicted octanol–water partition coefficient (Wildman–Crippen LogP) is 3.12. The molecule has 0 radical (unpaired) electrons. The minimum atomic E-state index is -0.394. The highest BCUT2D eigenvalue weighted by Crippen LogP contribution is 2.25. The Morgan fingerprint density at radius 2 is 1.85 bits per heavy atom. The standard InChI is InChI=1S/C19H20BrN3O3S/c1-2-26-16-10-9-14(12-15(16)20)18(25)21-19(27)23-22-17(24)11-8-13-6-4-3-5-7-13/h3-7,9-10,12H,2,8,11H2,1H3,(H,22,24)(H2,21,23,25,27). The maximum absolute atomic E-state index is 12.2. The molecule has 27 heavy (non-hydrogen) atoms. The smallest absolute Gasteiger partial charge is 0.257 e. The first kappa shape index (κ1) is 20.9. The number of ether oxygens (including phenoxy) is 1. The fraction of sp³-hybridized carbons (Fsp3) is 0.211. The summed E-state index contributed by atoms with van der Waals surface area (Å²) in [7, 11) is 0. The third-order valence-corrected chi connectivity index (χ3v) is 4.34. The Bertz CT molecular complexity index is 815. The molecule has 8 heteroatoms. The van der Waals surface area contributed by atoms with Crippen LogP contribution in [0.25, 0.3) is 0 Å². The lowest BCUT2D eigenvalue weighted by molar-refractivity contribution is -0.121. The summed E-state index contributed by atoms with van der Waals surface area (Å²) in [5.74, 6) is 0.0366. The molecule has 0 saturated heterocycles. The lowest BCUT2D eigenvalue weighted by Gasteiger charge is -2.12. The fourth-order valence-electron chi connectivity index (χ4n) is 2.21. The molecule has 0 atom stereocenters. The molecule has 2 amide bonds. The van der Waals surface area contributed by atoms with Crippen molar-refractivity contribution in [3.05, 3.63) is 64.1 Å². The summed E-state index contributed by atoms with van der Waals surface area (Å²) in [4.78, 5) is 24.1. The van der Waals surface area contributed by atoms with E-state index in [1.54, 1.807) is 18.2 Å². The van der Waals surface area contributed by atoms with E-state index < -0.39 is 5.91 Å². The molecular formula is C19H20BrN3O3S. The van der Waals surface area contributed by atoms with Crippen LogP contribution in [0.4, 0.5) is 0 Å². The lowest BCUT2D eigenvalue weighted by Crippen LogP contribution is -2.48. The van der Waals surface area contributed by atoms with Crippen LogP contribution in [-0.4, -0.2) is 23.5 Å². The predicted molar refractivity (Wildman–Crippen MR) is 111 cm³/mol. The normalized spacial score (nSPS) is 10.0. The minimum absolute atomic E-state index is 0.0121. The molecule has 0 saturated carbocycles. The lowest BCUT2D eigenvalue weighted by atomic mass is 10.1. The van der Waals surface area contributed by atoms with Crippen LogP contribution < -0.4 is 20.9 Å². The molecule has 0 unspecified atom stereocenters. The van der Waals surface area contributed by atoms with Gasteiger partial charge in [0.15, 0.2) is 5.11 Å². The van der Waals surface area contributed by atoms with Crippen LogP contribution in [0.5, 0.6) is 5.75 Å². The van der Waals surface area contributed by atoms with Crippen LogP contribution in [-0.2, 0) is 11.2 Å². The highest BCUT2D eigenvalue weighted by atomic mass is 79.9. The van der Waals surface area contributed by atoms with Crippen LogP contribution in [0, 0.1) is 0 Å². The SMILES string of the molecule is CCOc1ccc(C(=O)NC(=S)NNC(=O)CCc2ccccc2)cc1Br. The molecule has 0 heterocycles. The molecule has 2 aromatic rings. The number of hydrazine groups is 1. The van der Waals surface area contributed by atoms with Crippen molar-refractivity contribution in [2.24, 2.45) is 0 Å². The summed E-state index contributed by atoms with van der Waals surface area (Å²) in [5.41, 5.74) is 6.48. The number of carbonyl (C=O) groups is 2. The zero-order valence-corrected chi connectivity index (χ0v) is 17.2. The third kappa shape index (κ3) is 6.99. The Hall–Kier alpha value is -2.45. The van der Waals surface area contributed by atoms with Gasteiger partial charge in [-0.2, -0.15) is 0 Å². The maximum Gasteiger partial charge on any atom is 0.257 e. The summed E-state index contributed by atoms with van der Waals surface area (Å²) >= 11 is 8.39. The van der Waals surface area contributed by atoms with Crippen molar-refractivity contribution in [1.29, 1.82) is 0 Å². The minimum Gasteiger partial charge on any atom is -0.493 e. The van der Waals surface area contributed by atoms with Crippen molar-refractivity contribution in [1.82, 2.24) is 16.2 Å². The van der Waals surface area contributed by atoms with Gasteiger partial charge in [0.05, 0.1) is 11.1 Å². The number of aryl methyl sites for hydroxylation is 1. The molecule has 6 nitrogen and oxygen atoms in total. The van der Waals surface area contributed by atoms with Gasteiger partial charge in [0, 0.05) is 12.0 Å². The average molecular weight is 450 g/mol. The second-order valence-corrected chi connectivity index (χ2v) is 6.78. The van der Waals surface area contributed by atoms with Gasteiger partial charge in [-0.05, 0) is 65.3 Å². The highest BCUT2D eigenvalue weighted by molar-refractivity contribution is 9.10. The van der Waals surface area contributed by atoms with Gasteiger partial charge >= 0.3 is 0 Å². The quantitative estimate of drug-likeness (QED) is 0.466. The fourth-order valence-corrected chi connectivity index (χ4v) is 2.85. The van der Waals surface area contributed by atoms with Gasteiger partial charge in [0.1, 0.15) is 5.75 Å². The number of thiocarbonyl (C=S) groups is 1. The summed E-state index contributed by atoms with van der Waals surface area (Å²) in [5, 5.41) is 2.52. The van der Waals surface area contributed by atoms with Gasteiger partial charge in [-0.25, -0.2) is 0 Å². The number of benzene rings is 2. The van der Waals surface area contributed by atoms with Crippen molar-refractivity contribution in [2.75, 3.05) is 6.61 Å². The molecule has 0 fully saturated rings. The molecule has 3 N–H and O–H groups in total. The number of halogens is 1. The highest BCUT2D eigenvalue weighted by Gasteiger charge is 2.11. The Labute approximate surface area is 171 Å². The van der Waals surface area contributed by atoms with E-state index in [0.717, 1.165) is 5.56 Å². The van der Waals surface area contributed by atoms with Crippen LogP contribution in [0.3, 0.4) is 0 Å². The van der Waals surface area contributed by atoms with Crippen LogP contribution in [0.15, 0.2) is 53.0 Å². The molecule has 0 aromatic heterocycles. The molecule has 2 aromatic carbocycles. The second-order valence-electron chi connectivity index (χ2n) is 5.52. The van der Waals surface area contributed by atoms with Crippen LogP contribution >= 0.6 is 28.1 Å². The number of hydrogen-bond acceptors (Lipinski definition) is 4. The van der Waals surface area contributed by atoms with Crippen LogP contribution in [0.2, 0.25) is 0 Å². The Kier molecular flexibility index (Phi) is 8.22. The molecule has 142 valence electrons. The molecule has 0 aliphatic carbocycles. The first-order valence-electron chi connectivity index (χ1n) is 8.36. The molecule has 0 bridgehead atoms. The zero-order valence-electron chi connectivity index (χ0n) is 14.8. The van der Waals surface area contributed by atoms with E-state index in [1.165, 1.54) is 0 Å². The number of rotatable bonds is 6. The van der Waals surface area contributed by atoms with E-state index >= 15 is 0 Å². The van der Waals surface area contributed by atoms with Gasteiger partial charge < -0.3 is 4.74 Å². The van der Waals surface area contributed by atoms with E-state index in [4.69, 9.17) is 17.0 Å². The van der Waals surface area contributed by atoms with E-state index in [1.807, 2.05) is 37.3 Å². The largest absolute Gasteiger partial charge is 0.493 e. The third-order valence-electron chi connectivity index (χ3n) is 3.52. The van der Waals surface area contributed by atoms with Gasteiger partial charge in [-0.15, -0.1) is 0 Å². The molecular weight excluding hydrogens is 430 g/mol. The van der Waals surface area contributed by atoms with Crippen molar-refractivity contribution in [2.45, 2.75) is 19.8 Å². The van der Waals surface area contributed by atoms with Crippen molar-refractivity contribution in [3.8, 4) is 5.75 Å². The Morgan fingerprint density at radius 1 is 1.11 bits per heavy atom. The summed E-state index contributed by atoms with van der Waals surface area (Å²) in [6, 6.07) is 14.7. The first-order chi connectivity index (χ1) is 13.0. The van der Waals surface area contributed by atoms with Crippen molar-refractivity contribution in [3.63, 3.8) is 0 Å². The monoisotopic (exact) mass is 449 g/mol. The van der Waals surface area contributed by atoms with E-state index in [-0.39, 0.29) is 11.0 Å². The molecule has 0 aliphatic rings. The molecule has 2 rings (SSSR count). The number of nitrogens with one attached hydrogen (secondary N) is 3. The summed E-state index contributed by atoms with van der Waals surface area (Å²) in [6.07, 6.45) is 0.924. The Balaban J connectivity index is 1.77. The Morgan fingerprint density at radius 3 is 2.52 bits per heavy atom. The zero-order chi connectivity index (χ0) is 19.6. The summed E-state index contributed by atoms with van der Waals surface area (Å²) < 4.78 is 6.08. The van der Waals surface area contributed by atoms with E-state index in [9.17, 15) is 9.59 Å².